The molecule has 100 valence electrons. The van der Waals surface area contributed by atoms with Gasteiger partial charge in [0.2, 0.25) is 5.82 Å². The zero-order valence-corrected chi connectivity index (χ0v) is 11.5. The average molecular weight is 274 g/mol. The highest BCUT2D eigenvalue weighted by atomic mass is 35.5. The summed E-state index contributed by atoms with van der Waals surface area (Å²) >= 11 is 6.04. The van der Waals surface area contributed by atoms with Crippen molar-refractivity contribution in [3.8, 4) is 11.5 Å². The predicted octanol–water partition coefficient (Wildman–Crippen LogP) is 2.88. The van der Waals surface area contributed by atoms with E-state index in [-0.39, 0.29) is 28.0 Å². The standard InChI is InChI=1S/C13H17ClFNO2/c1-7(16)13(4-5-13)8-6-9(14)12(18-3)10(15)11(8)17-2/h6-7H,4-5,16H2,1-3H3. The van der Waals surface area contributed by atoms with E-state index in [1.807, 2.05) is 6.92 Å². The predicted molar refractivity (Wildman–Crippen MR) is 69.1 cm³/mol. The molecule has 0 aromatic heterocycles. The van der Waals surface area contributed by atoms with Gasteiger partial charge in [-0.2, -0.15) is 4.39 Å². The van der Waals surface area contributed by atoms with E-state index in [4.69, 9.17) is 26.8 Å². The van der Waals surface area contributed by atoms with Crippen LogP contribution < -0.4 is 15.2 Å². The van der Waals surface area contributed by atoms with Gasteiger partial charge in [0.05, 0.1) is 19.2 Å². The molecule has 0 aliphatic heterocycles. The van der Waals surface area contributed by atoms with E-state index in [1.54, 1.807) is 6.07 Å². The van der Waals surface area contributed by atoms with Crippen LogP contribution in [-0.2, 0) is 5.41 Å². The highest BCUT2D eigenvalue weighted by molar-refractivity contribution is 6.32. The number of halogens is 2. The van der Waals surface area contributed by atoms with Gasteiger partial charge in [0.1, 0.15) is 0 Å². The summed E-state index contributed by atoms with van der Waals surface area (Å²) in [5.74, 6) is -0.363. The summed E-state index contributed by atoms with van der Waals surface area (Å²) in [6, 6.07) is 1.63. The number of benzene rings is 1. The second kappa shape index (κ2) is 4.59. The molecule has 1 saturated carbocycles. The molecule has 1 fully saturated rings. The fourth-order valence-electron chi connectivity index (χ4n) is 2.45. The van der Waals surface area contributed by atoms with E-state index >= 15 is 0 Å². The van der Waals surface area contributed by atoms with Gasteiger partial charge in [-0.3, -0.25) is 0 Å². The molecule has 0 amide bonds. The van der Waals surface area contributed by atoms with Crippen molar-refractivity contribution in [2.75, 3.05) is 14.2 Å². The van der Waals surface area contributed by atoms with Crippen LogP contribution in [0.5, 0.6) is 11.5 Å². The van der Waals surface area contributed by atoms with Crippen molar-refractivity contribution in [3.05, 3.63) is 22.5 Å². The second-order valence-corrected chi connectivity index (χ2v) is 5.14. The Bertz CT molecular complexity index is 473. The van der Waals surface area contributed by atoms with Gasteiger partial charge in [-0.05, 0) is 25.8 Å². The van der Waals surface area contributed by atoms with Crippen molar-refractivity contribution in [3.63, 3.8) is 0 Å². The van der Waals surface area contributed by atoms with E-state index in [0.29, 0.717) is 0 Å². The highest BCUT2D eigenvalue weighted by Crippen LogP contribution is 2.55. The van der Waals surface area contributed by atoms with Crippen molar-refractivity contribution in [1.29, 1.82) is 0 Å². The molecule has 1 aromatic rings. The fourth-order valence-corrected chi connectivity index (χ4v) is 2.71. The summed E-state index contributed by atoms with van der Waals surface area (Å²) < 4.78 is 24.4. The Morgan fingerprint density at radius 3 is 2.28 bits per heavy atom. The number of hydrogen-bond acceptors (Lipinski definition) is 3. The van der Waals surface area contributed by atoms with Crippen molar-refractivity contribution < 1.29 is 13.9 Å². The molecular formula is C13H17ClFNO2. The Morgan fingerprint density at radius 1 is 1.33 bits per heavy atom. The molecule has 1 aliphatic carbocycles. The monoisotopic (exact) mass is 273 g/mol. The number of rotatable bonds is 4. The van der Waals surface area contributed by atoms with E-state index in [2.05, 4.69) is 0 Å². The minimum Gasteiger partial charge on any atom is -0.493 e. The van der Waals surface area contributed by atoms with Crippen molar-refractivity contribution in [1.82, 2.24) is 0 Å². The van der Waals surface area contributed by atoms with Crippen LogP contribution in [0.1, 0.15) is 25.3 Å². The van der Waals surface area contributed by atoms with Crippen molar-refractivity contribution in [2.45, 2.75) is 31.2 Å². The molecule has 0 spiro atoms. The van der Waals surface area contributed by atoms with Crippen LogP contribution in [0, 0.1) is 5.82 Å². The Hall–Kier alpha value is -1.00. The first-order chi connectivity index (χ1) is 8.47. The number of ether oxygens (including phenoxy) is 2. The maximum Gasteiger partial charge on any atom is 0.208 e. The topological polar surface area (TPSA) is 44.5 Å². The first kappa shape index (κ1) is 13.4. The molecule has 0 saturated heterocycles. The van der Waals surface area contributed by atoms with Crippen molar-refractivity contribution >= 4 is 11.6 Å². The van der Waals surface area contributed by atoms with Crippen molar-refractivity contribution in [2.24, 2.45) is 5.73 Å². The lowest BCUT2D eigenvalue weighted by Gasteiger charge is -2.24. The van der Waals surface area contributed by atoms with Crippen LogP contribution in [0.4, 0.5) is 4.39 Å². The van der Waals surface area contributed by atoms with E-state index < -0.39 is 5.82 Å². The lowest BCUT2D eigenvalue weighted by molar-refractivity contribution is 0.342. The van der Waals surface area contributed by atoms with Gasteiger partial charge in [-0.15, -0.1) is 0 Å². The lowest BCUT2D eigenvalue weighted by atomic mass is 9.88. The second-order valence-electron chi connectivity index (χ2n) is 4.73. The van der Waals surface area contributed by atoms with Gasteiger partial charge in [-0.1, -0.05) is 11.6 Å². The van der Waals surface area contributed by atoms with Gasteiger partial charge in [-0.25, -0.2) is 0 Å². The Labute approximate surface area is 111 Å². The molecule has 18 heavy (non-hydrogen) atoms. The number of nitrogens with two attached hydrogens (primary N) is 1. The van der Waals surface area contributed by atoms with Crippen LogP contribution in [0.3, 0.4) is 0 Å². The maximum absolute atomic E-state index is 14.2. The normalized spacial score (nSPS) is 18.3. The molecule has 5 heteroatoms. The maximum atomic E-state index is 14.2. The average Bonchev–Trinajstić information content (AvgIpc) is 3.10. The van der Waals surface area contributed by atoms with Crippen LogP contribution >= 0.6 is 11.6 Å². The largest absolute Gasteiger partial charge is 0.493 e. The Balaban J connectivity index is 2.62. The summed E-state index contributed by atoms with van der Waals surface area (Å²) in [5.41, 5.74) is 6.53. The van der Waals surface area contributed by atoms with E-state index in [9.17, 15) is 4.39 Å². The zero-order valence-electron chi connectivity index (χ0n) is 10.7. The molecular weight excluding hydrogens is 257 g/mol. The fraction of sp³-hybridized carbons (Fsp3) is 0.538. The third-order valence-corrected chi connectivity index (χ3v) is 4.02. The third-order valence-electron chi connectivity index (χ3n) is 3.74. The summed E-state index contributed by atoms with van der Waals surface area (Å²) in [7, 11) is 2.81. The molecule has 2 rings (SSSR count). The van der Waals surface area contributed by atoms with Gasteiger partial charge in [0.25, 0.3) is 0 Å². The molecule has 1 aromatic carbocycles. The summed E-state index contributed by atoms with van der Waals surface area (Å²) in [5, 5.41) is 0.248. The van der Waals surface area contributed by atoms with Gasteiger partial charge >= 0.3 is 0 Å². The number of methoxy groups -OCH3 is 2. The third kappa shape index (κ3) is 1.84. The SMILES string of the molecule is COc1c(Cl)cc(C2(C(C)N)CC2)c(OC)c1F. The molecule has 0 bridgehead atoms. The zero-order chi connectivity index (χ0) is 13.5. The molecule has 3 nitrogen and oxygen atoms in total. The molecule has 2 N–H and O–H groups in total. The summed E-state index contributed by atoms with van der Waals surface area (Å²) in [4.78, 5) is 0. The molecule has 0 heterocycles. The smallest absolute Gasteiger partial charge is 0.208 e. The van der Waals surface area contributed by atoms with Crippen LogP contribution in [-0.4, -0.2) is 20.3 Å². The Kier molecular flexibility index (Phi) is 3.43. The van der Waals surface area contributed by atoms with Gasteiger partial charge in [0.15, 0.2) is 11.5 Å². The van der Waals surface area contributed by atoms with Crippen LogP contribution in [0.2, 0.25) is 5.02 Å². The molecule has 1 unspecified atom stereocenters. The summed E-state index contributed by atoms with van der Waals surface area (Å²) in [6.07, 6.45) is 1.84. The van der Waals surface area contributed by atoms with E-state index in [1.165, 1.54) is 14.2 Å². The minimum atomic E-state index is -0.561. The molecule has 0 radical (unpaired) electrons. The van der Waals surface area contributed by atoms with Gasteiger partial charge < -0.3 is 15.2 Å². The molecule has 1 atom stereocenters. The number of hydrogen-bond donors (Lipinski definition) is 1. The summed E-state index contributed by atoms with van der Waals surface area (Å²) in [6.45, 7) is 1.92. The van der Waals surface area contributed by atoms with E-state index in [0.717, 1.165) is 18.4 Å². The quantitative estimate of drug-likeness (QED) is 0.917. The minimum absolute atomic E-state index is 0.0118. The van der Waals surface area contributed by atoms with Crippen LogP contribution in [0.15, 0.2) is 6.07 Å². The highest BCUT2D eigenvalue weighted by Gasteiger charge is 2.50. The molecule has 1 aliphatic rings. The van der Waals surface area contributed by atoms with Gasteiger partial charge in [0, 0.05) is 17.0 Å². The Morgan fingerprint density at radius 2 is 1.89 bits per heavy atom. The first-order valence-corrected chi connectivity index (χ1v) is 6.21. The lowest BCUT2D eigenvalue weighted by Crippen LogP contribution is -2.32. The first-order valence-electron chi connectivity index (χ1n) is 5.84. The van der Waals surface area contributed by atoms with Crippen LogP contribution in [0.25, 0.3) is 0 Å².